The Morgan fingerprint density at radius 3 is 2.83 bits per heavy atom. The van der Waals surface area contributed by atoms with E-state index in [1.54, 1.807) is 0 Å². The summed E-state index contributed by atoms with van der Waals surface area (Å²) in [7, 11) is 1.43. The largest absolute Gasteiger partial charge is 0.495 e. The molecule has 0 fully saturated rings. The van der Waals surface area contributed by atoms with Crippen molar-refractivity contribution in [3.05, 3.63) is 33.3 Å². The highest BCUT2D eigenvalue weighted by atomic mass is 35.5. The van der Waals surface area contributed by atoms with Crippen molar-refractivity contribution in [1.29, 1.82) is 0 Å². The summed E-state index contributed by atoms with van der Waals surface area (Å²) in [6.45, 7) is 0. The molecule has 63 valence electrons. The molecule has 0 aliphatic carbocycles. The number of methoxy groups -OCH3 is 1. The van der Waals surface area contributed by atoms with Crippen molar-refractivity contribution in [1.82, 2.24) is 0 Å². The molecule has 0 aromatic heterocycles. The maximum absolute atomic E-state index is 10.2. The van der Waals surface area contributed by atoms with E-state index < -0.39 is 4.92 Å². The van der Waals surface area contributed by atoms with E-state index in [9.17, 15) is 10.1 Å². The Morgan fingerprint density at radius 2 is 2.42 bits per heavy atom. The van der Waals surface area contributed by atoms with Gasteiger partial charge in [0.1, 0.15) is 5.75 Å². The van der Waals surface area contributed by atoms with Gasteiger partial charge in [-0.15, -0.1) is 0 Å². The molecular formula is C7H5ClNO3. The van der Waals surface area contributed by atoms with Crippen molar-refractivity contribution in [3.63, 3.8) is 0 Å². The fourth-order valence-electron chi connectivity index (χ4n) is 0.703. The summed E-state index contributed by atoms with van der Waals surface area (Å²) in [5.74, 6) is 0.377. The average Bonchev–Trinajstić information content (AvgIpc) is 2.04. The van der Waals surface area contributed by atoms with Crippen LogP contribution in [0.2, 0.25) is 5.02 Å². The van der Waals surface area contributed by atoms with Gasteiger partial charge in [0.05, 0.1) is 23.1 Å². The minimum atomic E-state index is -0.564. The van der Waals surface area contributed by atoms with Crippen molar-refractivity contribution < 1.29 is 9.66 Å². The number of nitrogens with zero attached hydrogens (tertiary/aromatic N) is 1. The molecule has 0 aliphatic rings. The first kappa shape index (κ1) is 8.80. The third-order valence-electron chi connectivity index (χ3n) is 1.27. The fourth-order valence-corrected chi connectivity index (χ4v) is 0.938. The molecule has 0 aliphatic heterocycles. The van der Waals surface area contributed by atoms with Gasteiger partial charge in [0.2, 0.25) is 0 Å². The van der Waals surface area contributed by atoms with Crippen LogP contribution in [0.5, 0.6) is 5.75 Å². The molecule has 0 saturated carbocycles. The molecule has 0 bridgehead atoms. The molecular weight excluding hydrogens is 182 g/mol. The first-order valence-electron chi connectivity index (χ1n) is 3.04. The van der Waals surface area contributed by atoms with Crippen LogP contribution in [0.25, 0.3) is 0 Å². The molecule has 0 atom stereocenters. The molecule has 1 rings (SSSR count). The Bertz CT molecular complexity index is 314. The van der Waals surface area contributed by atoms with Crippen molar-refractivity contribution in [2.75, 3.05) is 7.11 Å². The number of ether oxygens (including phenoxy) is 1. The van der Waals surface area contributed by atoms with Gasteiger partial charge in [-0.05, 0) is 6.07 Å². The highest BCUT2D eigenvalue weighted by molar-refractivity contribution is 6.32. The molecule has 0 N–H and O–H groups in total. The van der Waals surface area contributed by atoms with E-state index in [0.29, 0.717) is 5.75 Å². The third kappa shape index (κ3) is 1.65. The maximum Gasteiger partial charge on any atom is 0.279 e. The molecule has 0 amide bonds. The van der Waals surface area contributed by atoms with Gasteiger partial charge >= 0.3 is 0 Å². The van der Waals surface area contributed by atoms with Gasteiger partial charge in [0.25, 0.3) is 5.69 Å². The standard InChI is InChI=1S/C7H5ClNO3/c1-12-7-3-2-5(9(10)11)4-6(7)8/h3-4H,1H3. The van der Waals surface area contributed by atoms with E-state index in [2.05, 4.69) is 6.07 Å². The molecule has 4 nitrogen and oxygen atoms in total. The molecule has 12 heavy (non-hydrogen) atoms. The van der Waals surface area contributed by atoms with Crippen LogP contribution in [-0.4, -0.2) is 12.0 Å². The first-order chi connectivity index (χ1) is 5.65. The minimum Gasteiger partial charge on any atom is -0.495 e. The van der Waals surface area contributed by atoms with Crippen LogP contribution < -0.4 is 4.74 Å². The SMILES string of the molecule is COc1c[c]c([N+](=O)[O-])cc1Cl. The summed E-state index contributed by atoms with van der Waals surface area (Å²) in [5, 5.41) is 10.4. The van der Waals surface area contributed by atoms with E-state index in [1.807, 2.05) is 0 Å². The molecule has 0 unspecified atom stereocenters. The second-order valence-corrected chi connectivity index (χ2v) is 2.40. The van der Waals surface area contributed by atoms with Gasteiger partial charge in [-0.1, -0.05) is 11.6 Å². The molecule has 0 heterocycles. The van der Waals surface area contributed by atoms with Gasteiger partial charge in [-0.2, -0.15) is 0 Å². The molecule has 5 heteroatoms. The smallest absolute Gasteiger partial charge is 0.279 e. The van der Waals surface area contributed by atoms with Crippen LogP contribution in [0.3, 0.4) is 0 Å². The zero-order chi connectivity index (χ0) is 9.14. The lowest BCUT2D eigenvalue weighted by Crippen LogP contribution is -1.89. The molecule has 1 aromatic carbocycles. The van der Waals surface area contributed by atoms with Gasteiger partial charge < -0.3 is 4.74 Å². The highest BCUT2D eigenvalue weighted by Crippen LogP contribution is 2.27. The van der Waals surface area contributed by atoms with Crippen molar-refractivity contribution >= 4 is 17.3 Å². The Kier molecular flexibility index (Phi) is 2.50. The number of nitro groups is 1. The Hall–Kier alpha value is -1.29. The molecule has 0 spiro atoms. The molecule has 1 radical (unpaired) electrons. The van der Waals surface area contributed by atoms with Crippen molar-refractivity contribution in [2.45, 2.75) is 0 Å². The van der Waals surface area contributed by atoms with Gasteiger partial charge in [0.15, 0.2) is 0 Å². The zero-order valence-electron chi connectivity index (χ0n) is 6.20. The lowest BCUT2D eigenvalue weighted by atomic mass is 10.3. The Labute approximate surface area is 73.9 Å². The maximum atomic E-state index is 10.2. The predicted octanol–water partition coefficient (Wildman–Crippen LogP) is 2.06. The summed E-state index contributed by atoms with van der Waals surface area (Å²) in [4.78, 5) is 9.66. The summed E-state index contributed by atoms with van der Waals surface area (Å²) < 4.78 is 4.79. The van der Waals surface area contributed by atoms with Crippen LogP contribution in [0.1, 0.15) is 0 Å². The number of hydrogen-bond acceptors (Lipinski definition) is 3. The van der Waals surface area contributed by atoms with Gasteiger partial charge in [0, 0.05) is 6.07 Å². The second kappa shape index (κ2) is 3.40. The van der Waals surface area contributed by atoms with Crippen LogP contribution in [0, 0.1) is 16.2 Å². The fraction of sp³-hybridized carbons (Fsp3) is 0.143. The monoisotopic (exact) mass is 186 g/mol. The van der Waals surface area contributed by atoms with Crippen molar-refractivity contribution in [3.8, 4) is 5.75 Å². The van der Waals surface area contributed by atoms with Crippen LogP contribution in [-0.2, 0) is 0 Å². The molecule has 0 saturated heterocycles. The van der Waals surface area contributed by atoms with Crippen LogP contribution in [0.4, 0.5) is 5.69 Å². The highest BCUT2D eigenvalue weighted by Gasteiger charge is 2.09. The lowest BCUT2D eigenvalue weighted by molar-refractivity contribution is -0.385. The first-order valence-corrected chi connectivity index (χ1v) is 3.42. The van der Waals surface area contributed by atoms with E-state index in [1.165, 1.54) is 19.2 Å². The quantitative estimate of drug-likeness (QED) is 0.525. The number of non-ortho nitro benzene ring substituents is 1. The minimum absolute atomic E-state index is 0.166. The number of rotatable bonds is 2. The summed E-state index contributed by atoms with van der Waals surface area (Å²) in [6.07, 6.45) is 0. The lowest BCUT2D eigenvalue weighted by Gasteiger charge is -2.00. The van der Waals surface area contributed by atoms with Crippen molar-refractivity contribution in [2.24, 2.45) is 0 Å². The number of hydrogen-bond donors (Lipinski definition) is 0. The van der Waals surface area contributed by atoms with Gasteiger partial charge in [-0.3, -0.25) is 10.1 Å². The van der Waals surface area contributed by atoms with Crippen LogP contribution >= 0.6 is 11.6 Å². The Balaban J connectivity index is 3.10. The summed E-state index contributed by atoms with van der Waals surface area (Å²) in [6, 6.07) is 4.95. The van der Waals surface area contributed by atoms with E-state index in [0.717, 1.165) is 0 Å². The van der Waals surface area contributed by atoms with Crippen LogP contribution in [0.15, 0.2) is 12.1 Å². The average molecular weight is 187 g/mol. The van der Waals surface area contributed by atoms with E-state index in [4.69, 9.17) is 16.3 Å². The number of nitro benzene ring substituents is 1. The second-order valence-electron chi connectivity index (χ2n) is 1.99. The summed E-state index contributed by atoms with van der Waals surface area (Å²) in [5.41, 5.74) is -0.166. The third-order valence-corrected chi connectivity index (χ3v) is 1.56. The number of benzene rings is 1. The van der Waals surface area contributed by atoms with E-state index >= 15 is 0 Å². The number of halogens is 1. The Morgan fingerprint density at radius 1 is 1.75 bits per heavy atom. The normalized spacial score (nSPS) is 9.50. The van der Waals surface area contributed by atoms with E-state index in [-0.39, 0.29) is 10.7 Å². The predicted molar refractivity (Wildman–Crippen MR) is 43.5 cm³/mol. The zero-order valence-corrected chi connectivity index (χ0v) is 6.96. The summed E-state index contributed by atoms with van der Waals surface area (Å²) >= 11 is 5.62. The van der Waals surface area contributed by atoms with Gasteiger partial charge in [-0.25, -0.2) is 0 Å². The molecule has 1 aromatic rings. The topological polar surface area (TPSA) is 52.4 Å².